The summed E-state index contributed by atoms with van der Waals surface area (Å²) in [6.07, 6.45) is 1.55. The summed E-state index contributed by atoms with van der Waals surface area (Å²) in [5.41, 5.74) is 3.07. The summed E-state index contributed by atoms with van der Waals surface area (Å²) >= 11 is 1.51. The Kier molecular flexibility index (Phi) is 4.93. The molecule has 0 aliphatic carbocycles. The van der Waals surface area contributed by atoms with Crippen LogP contribution in [0.5, 0.6) is 0 Å². The van der Waals surface area contributed by atoms with Gasteiger partial charge in [-0.15, -0.1) is 11.3 Å². The molecule has 1 aromatic heterocycles. The van der Waals surface area contributed by atoms with Gasteiger partial charge in [0.05, 0.1) is 4.88 Å². The zero-order valence-corrected chi connectivity index (χ0v) is 12.6. The van der Waals surface area contributed by atoms with Crippen LogP contribution in [0.2, 0.25) is 0 Å². The molecular weight excluding hydrogens is 270 g/mol. The van der Waals surface area contributed by atoms with Crippen molar-refractivity contribution in [3.63, 3.8) is 0 Å². The minimum Gasteiger partial charge on any atom is -0.396 e. The van der Waals surface area contributed by atoms with Crippen molar-refractivity contribution in [3.05, 3.63) is 51.2 Å². The van der Waals surface area contributed by atoms with Crippen molar-refractivity contribution in [2.24, 2.45) is 0 Å². The predicted molar refractivity (Wildman–Crippen MR) is 83.6 cm³/mol. The molecule has 2 aromatic rings. The van der Waals surface area contributed by atoms with Gasteiger partial charge in [0.25, 0.3) is 5.91 Å². The van der Waals surface area contributed by atoms with E-state index in [4.69, 9.17) is 5.11 Å². The second-order valence-electron chi connectivity index (χ2n) is 4.83. The predicted octanol–water partition coefficient (Wildman–Crippen LogP) is 3.54. The van der Waals surface area contributed by atoms with Gasteiger partial charge in [0.1, 0.15) is 0 Å². The average Bonchev–Trinajstić information content (AvgIpc) is 2.77. The molecule has 0 fully saturated rings. The molecule has 3 nitrogen and oxygen atoms in total. The fourth-order valence-corrected chi connectivity index (χ4v) is 2.89. The molecule has 106 valence electrons. The van der Waals surface area contributed by atoms with E-state index in [1.165, 1.54) is 16.2 Å². The Bertz CT molecular complexity index is 585. The normalized spacial score (nSPS) is 10.6. The monoisotopic (exact) mass is 289 g/mol. The maximum atomic E-state index is 12.2. The first-order chi connectivity index (χ1) is 9.60. The summed E-state index contributed by atoms with van der Waals surface area (Å²) in [5.74, 6) is -0.0643. The number of amides is 1. The summed E-state index contributed by atoms with van der Waals surface area (Å²) in [4.78, 5) is 14.1. The zero-order chi connectivity index (χ0) is 14.5. The number of carbonyl (C=O) groups is 1. The van der Waals surface area contributed by atoms with E-state index in [9.17, 15) is 4.79 Å². The Morgan fingerprint density at radius 1 is 1.30 bits per heavy atom. The highest BCUT2D eigenvalue weighted by molar-refractivity contribution is 7.14. The molecule has 0 spiro atoms. The van der Waals surface area contributed by atoms with Crippen molar-refractivity contribution in [2.75, 3.05) is 11.9 Å². The van der Waals surface area contributed by atoms with Crippen LogP contribution in [0.1, 0.15) is 32.1 Å². The smallest absolute Gasteiger partial charge is 0.265 e. The highest BCUT2D eigenvalue weighted by Crippen LogP contribution is 2.22. The van der Waals surface area contributed by atoms with Crippen LogP contribution in [0.25, 0.3) is 0 Å². The van der Waals surface area contributed by atoms with E-state index >= 15 is 0 Å². The third-order valence-corrected chi connectivity index (χ3v) is 4.35. The molecule has 0 saturated heterocycles. The van der Waals surface area contributed by atoms with Crippen LogP contribution in [-0.4, -0.2) is 17.6 Å². The molecule has 2 rings (SSSR count). The first kappa shape index (κ1) is 14.8. The van der Waals surface area contributed by atoms with E-state index in [-0.39, 0.29) is 12.5 Å². The highest BCUT2D eigenvalue weighted by Gasteiger charge is 2.10. The van der Waals surface area contributed by atoms with Crippen LogP contribution < -0.4 is 5.32 Å². The number of benzene rings is 1. The zero-order valence-electron chi connectivity index (χ0n) is 11.8. The summed E-state index contributed by atoms with van der Waals surface area (Å²) in [7, 11) is 0. The number of carbonyl (C=O) groups excluding carboxylic acids is 1. The Hall–Kier alpha value is -1.65. The van der Waals surface area contributed by atoms with E-state index in [1.54, 1.807) is 0 Å². The van der Waals surface area contributed by atoms with Gasteiger partial charge in [0.15, 0.2) is 0 Å². The first-order valence-electron chi connectivity index (χ1n) is 6.68. The lowest BCUT2D eigenvalue weighted by molar-refractivity contribution is 0.103. The molecule has 1 amide bonds. The number of nitrogens with one attached hydrogen (secondary N) is 1. The summed E-state index contributed by atoms with van der Waals surface area (Å²) < 4.78 is 0. The Labute approximate surface area is 123 Å². The van der Waals surface area contributed by atoms with Crippen LogP contribution in [0.3, 0.4) is 0 Å². The van der Waals surface area contributed by atoms with Gasteiger partial charge in [-0.05, 0) is 56.0 Å². The number of thiophene rings is 1. The van der Waals surface area contributed by atoms with Gasteiger partial charge in [0.2, 0.25) is 0 Å². The van der Waals surface area contributed by atoms with E-state index in [0.29, 0.717) is 0 Å². The lowest BCUT2D eigenvalue weighted by atomic mass is 10.1. The minimum atomic E-state index is -0.0643. The number of anilines is 1. The molecule has 1 aromatic carbocycles. The number of aliphatic hydroxyl groups excluding tert-OH is 1. The SMILES string of the molecule is Cc1cc(C(=O)Nc2cccc(CCCO)c2)sc1C. The second-order valence-corrected chi connectivity index (χ2v) is 6.09. The maximum absolute atomic E-state index is 12.2. The van der Waals surface area contributed by atoms with Crippen molar-refractivity contribution < 1.29 is 9.90 Å². The summed E-state index contributed by atoms with van der Waals surface area (Å²) in [6.45, 7) is 4.22. The molecule has 0 aliphatic rings. The van der Waals surface area contributed by atoms with Gasteiger partial charge in [-0.2, -0.15) is 0 Å². The third kappa shape index (κ3) is 3.68. The standard InChI is InChI=1S/C16H19NO2S/c1-11-9-15(20-12(11)2)16(19)17-14-7-3-5-13(10-14)6-4-8-18/h3,5,7,9-10,18H,4,6,8H2,1-2H3,(H,17,19). The van der Waals surface area contributed by atoms with Gasteiger partial charge in [-0.3, -0.25) is 4.79 Å². The van der Waals surface area contributed by atoms with Gasteiger partial charge in [-0.1, -0.05) is 12.1 Å². The van der Waals surface area contributed by atoms with Gasteiger partial charge < -0.3 is 10.4 Å². The van der Waals surface area contributed by atoms with Crippen molar-refractivity contribution >= 4 is 22.9 Å². The molecule has 0 saturated carbocycles. The molecule has 0 unspecified atom stereocenters. The van der Waals surface area contributed by atoms with Crippen molar-refractivity contribution in [1.82, 2.24) is 0 Å². The molecule has 0 bridgehead atoms. The lowest BCUT2D eigenvalue weighted by Crippen LogP contribution is -2.10. The van der Waals surface area contributed by atoms with Crippen LogP contribution in [0, 0.1) is 13.8 Å². The van der Waals surface area contributed by atoms with E-state index in [1.807, 2.05) is 44.2 Å². The second kappa shape index (κ2) is 6.68. The highest BCUT2D eigenvalue weighted by atomic mass is 32.1. The van der Waals surface area contributed by atoms with Gasteiger partial charge in [-0.25, -0.2) is 0 Å². The molecule has 2 N–H and O–H groups in total. The van der Waals surface area contributed by atoms with Crippen molar-refractivity contribution in [1.29, 1.82) is 0 Å². The first-order valence-corrected chi connectivity index (χ1v) is 7.50. The summed E-state index contributed by atoms with van der Waals surface area (Å²) in [5, 5.41) is 11.8. The Balaban J connectivity index is 2.07. The summed E-state index contributed by atoms with van der Waals surface area (Å²) in [6, 6.07) is 9.69. The van der Waals surface area contributed by atoms with E-state index < -0.39 is 0 Å². The van der Waals surface area contributed by atoms with Crippen molar-refractivity contribution in [2.45, 2.75) is 26.7 Å². The van der Waals surface area contributed by atoms with Crippen LogP contribution in [0.15, 0.2) is 30.3 Å². The lowest BCUT2D eigenvalue weighted by Gasteiger charge is -2.06. The average molecular weight is 289 g/mol. The Morgan fingerprint density at radius 3 is 2.75 bits per heavy atom. The molecule has 0 radical (unpaired) electrons. The fraction of sp³-hybridized carbons (Fsp3) is 0.312. The molecule has 20 heavy (non-hydrogen) atoms. The molecule has 0 aliphatic heterocycles. The van der Waals surface area contributed by atoms with E-state index in [2.05, 4.69) is 5.32 Å². The largest absolute Gasteiger partial charge is 0.396 e. The Morgan fingerprint density at radius 2 is 2.10 bits per heavy atom. The maximum Gasteiger partial charge on any atom is 0.265 e. The fourth-order valence-electron chi connectivity index (χ4n) is 1.97. The van der Waals surface area contributed by atoms with Gasteiger partial charge >= 0.3 is 0 Å². The minimum absolute atomic E-state index is 0.0643. The van der Waals surface area contributed by atoms with Crippen LogP contribution >= 0.6 is 11.3 Å². The topological polar surface area (TPSA) is 49.3 Å². The number of rotatable bonds is 5. The van der Waals surface area contributed by atoms with Crippen LogP contribution in [-0.2, 0) is 6.42 Å². The number of hydrogen-bond donors (Lipinski definition) is 2. The van der Waals surface area contributed by atoms with Crippen LogP contribution in [0.4, 0.5) is 5.69 Å². The number of hydrogen-bond acceptors (Lipinski definition) is 3. The van der Waals surface area contributed by atoms with Crippen molar-refractivity contribution in [3.8, 4) is 0 Å². The van der Waals surface area contributed by atoms with Gasteiger partial charge in [0, 0.05) is 17.2 Å². The van der Waals surface area contributed by atoms with E-state index in [0.717, 1.165) is 34.5 Å². The number of aliphatic hydroxyl groups is 1. The quantitative estimate of drug-likeness (QED) is 0.884. The number of aryl methyl sites for hydroxylation is 3. The molecular formula is C16H19NO2S. The molecule has 1 heterocycles. The molecule has 0 atom stereocenters. The third-order valence-electron chi connectivity index (χ3n) is 3.20. The molecule has 4 heteroatoms.